The van der Waals surface area contributed by atoms with E-state index in [2.05, 4.69) is 45.0 Å². The molecule has 0 amide bonds. The summed E-state index contributed by atoms with van der Waals surface area (Å²) in [5, 5.41) is 3.75. The molecule has 2 nitrogen and oxygen atoms in total. The van der Waals surface area contributed by atoms with Gasteiger partial charge in [0.05, 0.1) is 0 Å². The molecule has 1 aliphatic carbocycles. The lowest BCUT2D eigenvalue weighted by atomic mass is 9.70. The molecule has 0 aromatic carbocycles. The molecule has 120 valence electrons. The second-order valence-electron chi connectivity index (χ2n) is 7.80. The van der Waals surface area contributed by atoms with Gasteiger partial charge in [-0.3, -0.25) is 0 Å². The molecule has 0 unspecified atom stereocenters. The topological polar surface area (TPSA) is 15.3 Å². The van der Waals surface area contributed by atoms with Crippen LogP contribution in [0.1, 0.15) is 66.2 Å². The lowest BCUT2D eigenvalue weighted by molar-refractivity contribution is 0.0975. The number of unbranched alkanes of at least 4 members (excludes halogenated alkanes) is 1. The zero-order chi connectivity index (χ0) is 15.0. The van der Waals surface area contributed by atoms with Gasteiger partial charge in [-0.25, -0.2) is 0 Å². The van der Waals surface area contributed by atoms with Crippen LogP contribution in [-0.4, -0.2) is 38.1 Å². The molecule has 0 aromatic heterocycles. The van der Waals surface area contributed by atoms with Crippen LogP contribution in [0.2, 0.25) is 0 Å². The first-order valence-corrected chi connectivity index (χ1v) is 8.86. The number of nitrogens with one attached hydrogen (secondary N) is 1. The zero-order valence-electron chi connectivity index (χ0n) is 14.7. The SMILES string of the molecule is CCCCN(C)CC1(CNCC(C)C)CCC(C)CC1. The summed E-state index contributed by atoms with van der Waals surface area (Å²) in [4.78, 5) is 2.58. The number of nitrogens with zero attached hydrogens (tertiary/aromatic N) is 1. The number of hydrogen-bond acceptors (Lipinski definition) is 2. The van der Waals surface area contributed by atoms with Gasteiger partial charge in [0.25, 0.3) is 0 Å². The Morgan fingerprint density at radius 2 is 1.90 bits per heavy atom. The van der Waals surface area contributed by atoms with E-state index in [1.807, 2.05) is 0 Å². The summed E-state index contributed by atoms with van der Waals surface area (Å²) in [6.07, 6.45) is 8.31. The standard InChI is InChI=1S/C18H38N2/c1-6-7-12-20(5)15-18(14-19-13-16(2)3)10-8-17(4)9-11-18/h16-17,19H,6-15H2,1-5H3. The maximum Gasteiger partial charge on any atom is 0.00471 e. The van der Waals surface area contributed by atoms with E-state index >= 15 is 0 Å². The fraction of sp³-hybridized carbons (Fsp3) is 1.00. The molecule has 0 radical (unpaired) electrons. The third-order valence-electron chi connectivity index (χ3n) is 4.89. The van der Waals surface area contributed by atoms with E-state index in [0.29, 0.717) is 5.41 Å². The Morgan fingerprint density at radius 3 is 2.45 bits per heavy atom. The summed E-state index contributed by atoms with van der Waals surface area (Å²) in [5.41, 5.74) is 0.532. The van der Waals surface area contributed by atoms with Crippen molar-refractivity contribution in [1.82, 2.24) is 10.2 Å². The van der Waals surface area contributed by atoms with Crippen LogP contribution in [-0.2, 0) is 0 Å². The fourth-order valence-electron chi connectivity index (χ4n) is 3.47. The Labute approximate surface area is 127 Å². The van der Waals surface area contributed by atoms with Crippen LogP contribution in [0, 0.1) is 17.3 Å². The van der Waals surface area contributed by atoms with Crippen LogP contribution in [0.25, 0.3) is 0 Å². The maximum atomic E-state index is 3.75. The van der Waals surface area contributed by atoms with Crippen LogP contribution in [0.4, 0.5) is 0 Å². The van der Waals surface area contributed by atoms with Crippen molar-refractivity contribution in [3.63, 3.8) is 0 Å². The molecule has 0 aromatic rings. The molecule has 0 atom stereocenters. The fourth-order valence-corrected chi connectivity index (χ4v) is 3.47. The molecular weight excluding hydrogens is 244 g/mol. The molecule has 1 N–H and O–H groups in total. The minimum Gasteiger partial charge on any atom is -0.316 e. The monoisotopic (exact) mass is 282 g/mol. The van der Waals surface area contributed by atoms with E-state index in [-0.39, 0.29) is 0 Å². The van der Waals surface area contributed by atoms with Gasteiger partial charge >= 0.3 is 0 Å². The van der Waals surface area contributed by atoms with Gasteiger partial charge in [0.15, 0.2) is 0 Å². The second-order valence-corrected chi connectivity index (χ2v) is 7.80. The Morgan fingerprint density at radius 1 is 1.25 bits per heavy atom. The average molecular weight is 283 g/mol. The molecule has 1 saturated carbocycles. The number of rotatable bonds is 9. The number of hydrogen-bond donors (Lipinski definition) is 1. The van der Waals surface area contributed by atoms with E-state index in [9.17, 15) is 0 Å². The Balaban J connectivity index is 2.50. The van der Waals surface area contributed by atoms with Crippen molar-refractivity contribution >= 4 is 0 Å². The molecule has 0 aliphatic heterocycles. The minimum atomic E-state index is 0.532. The van der Waals surface area contributed by atoms with Crippen LogP contribution < -0.4 is 5.32 Å². The lowest BCUT2D eigenvalue weighted by Gasteiger charge is -2.42. The van der Waals surface area contributed by atoms with Crippen molar-refractivity contribution in [2.75, 3.05) is 33.2 Å². The Bertz CT molecular complexity index is 242. The summed E-state index contributed by atoms with van der Waals surface area (Å²) in [5.74, 6) is 1.70. The van der Waals surface area contributed by atoms with Gasteiger partial charge in [-0.2, -0.15) is 0 Å². The van der Waals surface area contributed by atoms with Crippen LogP contribution in [0.5, 0.6) is 0 Å². The maximum absolute atomic E-state index is 3.75. The highest BCUT2D eigenvalue weighted by atomic mass is 15.1. The molecule has 1 rings (SSSR count). The van der Waals surface area contributed by atoms with Gasteiger partial charge in [-0.15, -0.1) is 0 Å². The van der Waals surface area contributed by atoms with E-state index in [1.54, 1.807) is 0 Å². The minimum absolute atomic E-state index is 0.532. The van der Waals surface area contributed by atoms with Gasteiger partial charge in [-0.1, -0.05) is 47.0 Å². The molecule has 20 heavy (non-hydrogen) atoms. The Hall–Kier alpha value is -0.0800. The normalized spacial score (nSPS) is 27.4. The van der Waals surface area contributed by atoms with Crippen molar-refractivity contribution in [3.05, 3.63) is 0 Å². The third kappa shape index (κ3) is 6.58. The summed E-state index contributed by atoms with van der Waals surface area (Å²) in [7, 11) is 2.32. The first kappa shape index (κ1) is 18.0. The van der Waals surface area contributed by atoms with Crippen molar-refractivity contribution in [3.8, 4) is 0 Å². The smallest absolute Gasteiger partial charge is 0.00471 e. The average Bonchev–Trinajstić information content (AvgIpc) is 2.39. The molecule has 0 heterocycles. The van der Waals surface area contributed by atoms with E-state index in [0.717, 1.165) is 18.4 Å². The second kappa shape index (κ2) is 9.04. The van der Waals surface area contributed by atoms with Gasteiger partial charge in [0.2, 0.25) is 0 Å². The zero-order valence-corrected chi connectivity index (χ0v) is 14.7. The van der Waals surface area contributed by atoms with Gasteiger partial charge in [-0.05, 0) is 56.7 Å². The summed E-state index contributed by atoms with van der Waals surface area (Å²) in [6.45, 7) is 14.2. The molecule has 0 spiro atoms. The predicted octanol–water partition coefficient (Wildman–Crippen LogP) is 4.16. The summed E-state index contributed by atoms with van der Waals surface area (Å²) in [6, 6.07) is 0. The first-order chi connectivity index (χ1) is 9.47. The summed E-state index contributed by atoms with van der Waals surface area (Å²) >= 11 is 0. The van der Waals surface area contributed by atoms with Crippen LogP contribution >= 0.6 is 0 Å². The van der Waals surface area contributed by atoms with Gasteiger partial charge in [0, 0.05) is 13.1 Å². The van der Waals surface area contributed by atoms with Gasteiger partial charge in [0.1, 0.15) is 0 Å². The highest BCUT2D eigenvalue weighted by Crippen LogP contribution is 2.39. The highest BCUT2D eigenvalue weighted by molar-refractivity contribution is 4.89. The molecule has 0 saturated heterocycles. The van der Waals surface area contributed by atoms with Gasteiger partial charge < -0.3 is 10.2 Å². The molecule has 2 heteroatoms. The van der Waals surface area contributed by atoms with E-state index in [4.69, 9.17) is 0 Å². The van der Waals surface area contributed by atoms with Crippen LogP contribution in [0.3, 0.4) is 0 Å². The lowest BCUT2D eigenvalue weighted by Crippen LogP contribution is -2.46. The molecular formula is C18H38N2. The van der Waals surface area contributed by atoms with Crippen molar-refractivity contribution in [2.24, 2.45) is 17.3 Å². The van der Waals surface area contributed by atoms with E-state index in [1.165, 1.54) is 58.2 Å². The largest absolute Gasteiger partial charge is 0.316 e. The van der Waals surface area contributed by atoms with Crippen molar-refractivity contribution in [2.45, 2.75) is 66.2 Å². The van der Waals surface area contributed by atoms with Crippen molar-refractivity contribution < 1.29 is 0 Å². The first-order valence-electron chi connectivity index (χ1n) is 8.86. The quantitative estimate of drug-likeness (QED) is 0.683. The predicted molar refractivity (Wildman–Crippen MR) is 90.2 cm³/mol. The Kier molecular flexibility index (Phi) is 8.13. The highest BCUT2D eigenvalue weighted by Gasteiger charge is 2.34. The van der Waals surface area contributed by atoms with E-state index < -0.39 is 0 Å². The molecule has 1 aliphatic rings. The molecule has 0 bridgehead atoms. The third-order valence-corrected chi connectivity index (χ3v) is 4.89. The van der Waals surface area contributed by atoms with Crippen molar-refractivity contribution in [1.29, 1.82) is 0 Å². The summed E-state index contributed by atoms with van der Waals surface area (Å²) < 4.78 is 0. The molecule has 1 fully saturated rings. The van der Waals surface area contributed by atoms with Crippen LogP contribution in [0.15, 0.2) is 0 Å².